The topological polar surface area (TPSA) is 84.9 Å². The number of hydrogen-bond donors (Lipinski definition) is 1. The Bertz CT molecular complexity index is 1000. The van der Waals surface area contributed by atoms with Crippen LogP contribution in [0.3, 0.4) is 0 Å². The molecule has 0 aromatic heterocycles. The zero-order valence-electron chi connectivity index (χ0n) is 15.9. The van der Waals surface area contributed by atoms with Crippen molar-refractivity contribution in [3.05, 3.63) is 57.2 Å². The van der Waals surface area contributed by atoms with Gasteiger partial charge in [0.15, 0.2) is 0 Å². The summed E-state index contributed by atoms with van der Waals surface area (Å²) in [5, 5.41) is 2.22. The van der Waals surface area contributed by atoms with Crippen molar-refractivity contribution in [1.29, 1.82) is 0 Å². The van der Waals surface area contributed by atoms with Gasteiger partial charge in [-0.25, -0.2) is 9.69 Å². The van der Waals surface area contributed by atoms with Gasteiger partial charge in [-0.2, -0.15) is 0 Å². The van der Waals surface area contributed by atoms with Crippen LogP contribution in [0.5, 0.6) is 11.5 Å². The van der Waals surface area contributed by atoms with Crippen LogP contribution in [-0.4, -0.2) is 31.1 Å². The van der Waals surface area contributed by atoms with Gasteiger partial charge in [0.05, 0.1) is 22.5 Å². The molecule has 0 unspecified atom stereocenters. The fraction of sp³-hybridized carbons (Fsp3) is 0.190. The van der Waals surface area contributed by atoms with Crippen LogP contribution in [0, 0.1) is 3.57 Å². The maximum Gasteiger partial charge on any atom is 0.335 e. The number of hydrogen-bond acceptors (Lipinski definition) is 5. The van der Waals surface area contributed by atoms with E-state index < -0.39 is 17.8 Å². The van der Waals surface area contributed by atoms with Crippen molar-refractivity contribution in [2.75, 3.05) is 18.1 Å². The number of anilines is 1. The molecule has 7 nitrogen and oxygen atoms in total. The number of halogens is 1. The first-order valence-corrected chi connectivity index (χ1v) is 10.1. The Hall–Kier alpha value is -2.88. The Morgan fingerprint density at radius 3 is 2.48 bits per heavy atom. The Balaban J connectivity index is 1.96. The monoisotopic (exact) mass is 506 g/mol. The van der Waals surface area contributed by atoms with Gasteiger partial charge < -0.3 is 9.47 Å². The average molecular weight is 506 g/mol. The molecule has 150 valence electrons. The van der Waals surface area contributed by atoms with Crippen molar-refractivity contribution >= 4 is 52.2 Å². The normalized spacial score (nSPS) is 15.5. The van der Waals surface area contributed by atoms with Gasteiger partial charge in [-0.05, 0) is 72.3 Å². The maximum absolute atomic E-state index is 13.0. The highest BCUT2D eigenvalue weighted by Crippen LogP contribution is 2.27. The Morgan fingerprint density at radius 1 is 1.03 bits per heavy atom. The molecule has 2 aromatic carbocycles. The van der Waals surface area contributed by atoms with Crippen LogP contribution in [0.2, 0.25) is 0 Å². The van der Waals surface area contributed by atoms with Gasteiger partial charge in [0, 0.05) is 6.07 Å². The number of carbonyl (C=O) groups is 3. The number of urea groups is 1. The van der Waals surface area contributed by atoms with Crippen molar-refractivity contribution in [2.45, 2.75) is 13.8 Å². The highest BCUT2D eigenvalue weighted by molar-refractivity contribution is 14.1. The molecular formula is C21H19IN2O5. The zero-order valence-corrected chi connectivity index (χ0v) is 18.1. The highest BCUT2D eigenvalue weighted by Gasteiger charge is 2.37. The van der Waals surface area contributed by atoms with E-state index >= 15 is 0 Å². The molecule has 29 heavy (non-hydrogen) atoms. The number of nitrogens with zero attached hydrogens (tertiary/aromatic N) is 1. The van der Waals surface area contributed by atoms with E-state index in [9.17, 15) is 14.4 Å². The smallest absolute Gasteiger partial charge is 0.335 e. The summed E-state index contributed by atoms with van der Waals surface area (Å²) in [6, 6.07) is 11.1. The van der Waals surface area contributed by atoms with E-state index in [1.807, 2.05) is 13.8 Å². The van der Waals surface area contributed by atoms with Gasteiger partial charge in [0.1, 0.15) is 17.1 Å². The SMILES string of the molecule is CCOc1cccc(N2C(=O)NC(=O)/C(=C\c3ccc(OCC)c(I)c3)C2=O)c1. The lowest BCUT2D eigenvalue weighted by Gasteiger charge is -2.26. The molecule has 0 radical (unpaired) electrons. The first kappa shape index (κ1) is 20.8. The van der Waals surface area contributed by atoms with Crippen molar-refractivity contribution in [2.24, 2.45) is 0 Å². The van der Waals surface area contributed by atoms with E-state index in [0.29, 0.717) is 30.2 Å². The summed E-state index contributed by atoms with van der Waals surface area (Å²) in [5.74, 6) is -0.189. The minimum atomic E-state index is -0.799. The molecule has 0 atom stereocenters. The third-order valence-electron chi connectivity index (χ3n) is 4.06. The first-order chi connectivity index (χ1) is 13.9. The van der Waals surface area contributed by atoms with Crippen LogP contribution in [0.15, 0.2) is 48.0 Å². The summed E-state index contributed by atoms with van der Waals surface area (Å²) in [5.41, 5.74) is 0.832. The summed E-state index contributed by atoms with van der Waals surface area (Å²) in [4.78, 5) is 38.6. The van der Waals surface area contributed by atoms with Crippen LogP contribution in [-0.2, 0) is 9.59 Å². The van der Waals surface area contributed by atoms with Crippen molar-refractivity contribution < 1.29 is 23.9 Å². The molecule has 0 aliphatic carbocycles. The Morgan fingerprint density at radius 2 is 1.79 bits per heavy atom. The molecule has 0 bridgehead atoms. The quantitative estimate of drug-likeness (QED) is 0.367. The molecule has 1 fully saturated rings. The van der Waals surface area contributed by atoms with E-state index in [-0.39, 0.29) is 5.57 Å². The van der Waals surface area contributed by atoms with Crippen LogP contribution < -0.4 is 19.7 Å². The number of carbonyl (C=O) groups excluding carboxylic acids is 3. The van der Waals surface area contributed by atoms with Gasteiger partial charge >= 0.3 is 6.03 Å². The lowest BCUT2D eigenvalue weighted by molar-refractivity contribution is -0.122. The molecule has 3 rings (SSSR count). The van der Waals surface area contributed by atoms with Crippen molar-refractivity contribution in [1.82, 2.24) is 5.32 Å². The highest BCUT2D eigenvalue weighted by atomic mass is 127. The minimum absolute atomic E-state index is 0.133. The van der Waals surface area contributed by atoms with Crippen LogP contribution in [0.25, 0.3) is 6.08 Å². The molecule has 4 amide bonds. The summed E-state index contributed by atoms with van der Waals surface area (Å²) >= 11 is 2.12. The Kier molecular flexibility index (Phi) is 6.53. The van der Waals surface area contributed by atoms with E-state index in [2.05, 4.69) is 27.9 Å². The summed E-state index contributed by atoms with van der Waals surface area (Å²) in [7, 11) is 0. The second-order valence-electron chi connectivity index (χ2n) is 6.01. The van der Waals surface area contributed by atoms with E-state index in [1.54, 1.807) is 42.5 Å². The van der Waals surface area contributed by atoms with Crippen molar-refractivity contribution in [3.63, 3.8) is 0 Å². The number of imide groups is 2. The van der Waals surface area contributed by atoms with Crippen LogP contribution >= 0.6 is 22.6 Å². The molecule has 1 aliphatic heterocycles. The molecule has 0 spiro atoms. The largest absolute Gasteiger partial charge is 0.494 e. The summed E-state index contributed by atoms with van der Waals surface area (Å²) in [6.07, 6.45) is 1.46. The number of amides is 4. The fourth-order valence-electron chi connectivity index (χ4n) is 2.82. The minimum Gasteiger partial charge on any atom is -0.494 e. The van der Waals surface area contributed by atoms with Gasteiger partial charge in [-0.3, -0.25) is 14.9 Å². The molecule has 2 aromatic rings. The van der Waals surface area contributed by atoms with E-state index in [1.165, 1.54) is 6.08 Å². The number of barbiturate groups is 1. The molecule has 0 saturated carbocycles. The number of benzene rings is 2. The average Bonchev–Trinajstić information content (AvgIpc) is 2.68. The molecule has 1 N–H and O–H groups in total. The standard InChI is InChI=1S/C21H19IN2O5/c1-3-28-15-7-5-6-14(12-15)24-20(26)16(19(25)23-21(24)27)10-13-8-9-18(29-4-2)17(22)11-13/h5-12H,3-4H2,1-2H3,(H,23,25,27)/b16-10+. The third kappa shape index (κ3) is 4.58. The second kappa shape index (κ2) is 9.08. The number of ether oxygens (including phenoxy) is 2. The molecule has 1 heterocycles. The lowest BCUT2D eigenvalue weighted by atomic mass is 10.1. The molecule has 1 aliphatic rings. The van der Waals surface area contributed by atoms with Gasteiger partial charge in [-0.1, -0.05) is 12.1 Å². The predicted molar refractivity (Wildman–Crippen MR) is 117 cm³/mol. The molecule has 8 heteroatoms. The second-order valence-corrected chi connectivity index (χ2v) is 7.17. The number of rotatable bonds is 6. The summed E-state index contributed by atoms with van der Waals surface area (Å²) < 4.78 is 11.8. The fourth-order valence-corrected chi connectivity index (χ4v) is 3.51. The van der Waals surface area contributed by atoms with Crippen molar-refractivity contribution in [3.8, 4) is 11.5 Å². The Labute approximate surface area is 181 Å². The zero-order chi connectivity index (χ0) is 21.0. The lowest BCUT2D eigenvalue weighted by Crippen LogP contribution is -2.54. The van der Waals surface area contributed by atoms with Gasteiger partial charge in [0.2, 0.25) is 0 Å². The molecule has 1 saturated heterocycles. The van der Waals surface area contributed by atoms with Crippen LogP contribution in [0.1, 0.15) is 19.4 Å². The van der Waals surface area contributed by atoms with Gasteiger partial charge in [-0.15, -0.1) is 0 Å². The van der Waals surface area contributed by atoms with Gasteiger partial charge in [0.25, 0.3) is 11.8 Å². The summed E-state index contributed by atoms with van der Waals surface area (Å²) in [6.45, 7) is 4.71. The first-order valence-electron chi connectivity index (χ1n) is 9.01. The van der Waals surface area contributed by atoms with E-state index in [4.69, 9.17) is 9.47 Å². The van der Waals surface area contributed by atoms with E-state index in [0.717, 1.165) is 14.2 Å². The third-order valence-corrected chi connectivity index (χ3v) is 4.90. The maximum atomic E-state index is 13.0. The van der Waals surface area contributed by atoms with Crippen LogP contribution in [0.4, 0.5) is 10.5 Å². The number of nitrogens with one attached hydrogen (secondary N) is 1. The predicted octanol–water partition coefficient (Wildman–Crippen LogP) is 3.76. The molecular weight excluding hydrogens is 487 g/mol.